The number of carbonyl (C=O) groups is 1. The van der Waals surface area contributed by atoms with Crippen molar-refractivity contribution < 1.29 is 28.2 Å². The quantitative estimate of drug-likeness (QED) is 0.851. The van der Waals surface area contributed by atoms with E-state index in [0.29, 0.717) is 12.0 Å². The lowest BCUT2D eigenvalue weighted by Crippen LogP contribution is -2.41. The molecule has 0 aromatic heterocycles. The van der Waals surface area contributed by atoms with Crippen LogP contribution in [0.25, 0.3) is 0 Å². The number of carboxylic acid groups (broad SMARTS) is 1. The molecule has 0 bridgehead atoms. The number of ether oxygens (including phenoxy) is 1. The van der Waals surface area contributed by atoms with Crippen molar-refractivity contribution in [2.45, 2.75) is 36.6 Å². The van der Waals surface area contributed by atoms with Gasteiger partial charge in [-0.15, -0.1) is 0 Å². The fourth-order valence-corrected chi connectivity index (χ4v) is 3.06. The molecule has 0 radical (unpaired) electrons. The van der Waals surface area contributed by atoms with E-state index in [1.54, 1.807) is 13.0 Å². The predicted octanol–water partition coefficient (Wildman–Crippen LogP) is 0.671. The summed E-state index contributed by atoms with van der Waals surface area (Å²) in [5, 5.41) is 19.4. The predicted molar refractivity (Wildman–Crippen MR) is 70.0 cm³/mol. The molecule has 2 rings (SSSR count). The first-order chi connectivity index (χ1) is 9.12. The molecule has 0 aliphatic carbocycles. The van der Waals surface area contributed by atoms with Crippen molar-refractivity contribution in [1.29, 1.82) is 0 Å². The molecule has 2 atom stereocenters. The monoisotopic (exact) mass is 300 g/mol. The van der Waals surface area contributed by atoms with Crippen LogP contribution in [0.2, 0.25) is 0 Å². The summed E-state index contributed by atoms with van der Waals surface area (Å²) in [7, 11) is -3.44. The molecule has 1 unspecified atom stereocenters. The number of sulfone groups is 1. The first-order valence-electron chi connectivity index (χ1n) is 6.07. The van der Waals surface area contributed by atoms with Crippen LogP contribution in [0.3, 0.4) is 0 Å². The third-order valence-electron chi connectivity index (χ3n) is 3.22. The molecular formula is C13H16O6S. The van der Waals surface area contributed by atoms with Crippen LogP contribution in [0, 0.1) is 0 Å². The second kappa shape index (κ2) is 4.83. The molecule has 0 saturated carbocycles. The summed E-state index contributed by atoms with van der Waals surface area (Å²) in [6.07, 6.45) is 0.548. The number of hydrogen-bond acceptors (Lipinski definition) is 5. The molecular weight excluding hydrogens is 284 g/mol. The van der Waals surface area contributed by atoms with E-state index in [0.717, 1.165) is 6.26 Å². The minimum absolute atomic E-state index is 0.0261. The van der Waals surface area contributed by atoms with Crippen LogP contribution in [0.15, 0.2) is 23.1 Å². The van der Waals surface area contributed by atoms with Gasteiger partial charge in [-0.25, -0.2) is 8.42 Å². The van der Waals surface area contributed by atoms with Crippen LogP contribution in [0.5, 0.6) is 0 Å². The van der Waals surface area contributed by atoms with Crippen molar-refractivity contribution in [1.82, 2.24) is 0 Å². The van der Waals surface area contributed by atoms with Gasteiger partial charge in [-0.1, -0.05) is 6.07 Å². The maximum atomic E-state index is 11.6. The SMILES string of the molecule is C[C@@H]1Cc2ccc(S(C)(=O)=O)cc2C(O)(CC(=O)O)O1. The number of rotatable bonds is 3. The summed E-state index contributed by atoms with van der Waals surface area (Å²) in [6, 6.07) is 4.34. The lowest BCUT2D eigenvalue weighted by atomic mass is 9.90. The second-order valence-corrected chi connectivity index (χ2v) is 7.09. The molecule has 0 spiro atoms. The Morgan fingerprint density at radius 3 is 2.70 bits per heavy atom. The molecule has 7 heteroatoms. The minimum Gasteiger partial charge on any atom is -0.481 e. The zero-order valence-corrected chi connectivity index (χ0v) is 12.0. The molecule has 0 fully saturated rings. The van der Waals surface area contributed by atoms with E-state index in [2.05, 4.69) is 0 Å². The Labute approximate surface area is 116 Å². The molecule has 110 valence electrons. The second-order valence-electron chi connectivity index (χ2n) is 5.08. The third kappa shape index (κ3) is 2.84. The van der Waals surface area contributed by atoms with Gasteiger partial charge in [-0.3, -0.25) is 4.79 Å². The number of fused-ring (bicyclic) bond motifs is 1. The van der Waals surface area contributed by atoms with E-state index in [1.165, 1.54) is 12.1 Å². The van der Waals surface area contributed by atoms with Gasteiger partial charge in [0.15, 0.2) is 9.84 Å². The first-order valence-corrected chi connectivity index (χ1v) is 7.96. The Morgan fingerprint density at radius 1 is 1.50 bits per heavy atom. The Hall–Kier alpha value is -1.44. The summed E-state index contributed by atoms with van der Waals surface area (Å²) in [5.41, 5.74) is 0.904. The van der Waals surface area contributed by atoms with E-state index < -0.39 is 28.0 Å². The molecule has 6 nitrogen and oxygen atoms in total. The summed E-state index contributed by atoms with van der Waals surface area (Å²) >= 11 is 0. The van der Waals surface area contributed by atoms with E-state index in [1.807, 2.05) is 0 Å². The number of hydrogen-bond donors (Lipinski definition) is 2. The van der Waals surface area contributed by atoms with Crippen LogP contribution in [0.4, 0.5) is 0 Å². The Kier molecular flexibility index (Phi) is 3.62. The third-order valence-corrected chi connectivity index (χ3v) is 4.33. The molecule has 1 aromatic rings. The normalized spacial score (nSPS) is 26.1. The van der Waals surface area contributed by atoms with Gasteiger partial charge in [0.25, 0.3) is 0 Å². The lowest BCUT2D eigenvalue weighted by Gasteiger charge is -2.37. The highest BCUT2D eigenvalue weighted by atomic mass is 32.2. The van der Waals surface area contributed by atoms with Crippen molar-refractivity contribution in [3.8, 4) is 0 Å². The fraction of sp³-hybridized carbons (Fsp3) is 0.462. The van der Waals surface area contributed by atoms with Crippen LogP contribution in [-0.2, 0) is 31.6 Å². The highest BCUT2D eigenvalue weighted by Crippen LogP contribution is 2.37. The highest BCUT2D eigenvalue weighted by Gasteiger charge is 2.41. The van der Waals surface area contributed by atoms with Gasteiger partial charge >= 0.3 is 5.97 Å². The van der Waals surface area contributed by atoms with Crippen LogP contribution < -0.4 is 0 Å². The van der Waals surface area contributed by atoms with Gasteiger partial charge in [0.1, 0.15) is 6.42 Å². The maximum Gasteiger partial charge on any atom is 0.309 e. The summed E-state index contributed by atoms with van der Waals surface area (Å²) in [6.45, 7) is 1.72. The Balaban J connectivity index is 2.59. The zero-order chi connectivity index (χ0) is 15.1. The standard InChI is InChI=1S/C13H16O6S/c1-8-5-9-3-4-10(20(2,17)18)6-11(9)13(16,19-8)7-12(14)15/h3-4,6,8,16H,5,7H2,1-2H3,(H,14,15)/t8-,13?/m1/s1. The molecule has 2 N–H and O–H groups in total. The van der Waals surface area contributed by atoms with Crippen molar-refractivity contribution >= 4 is 15.8 Å². The summed E-state index contributed by atoms with van der Waals surface area (Å²) in [4.78, 5) is 10.9. The van der Waals surface area contributed by atoms with Crippen molar-refractivity contribution in [2.24, 2.45) is 0 Å². The topological polar surface area (TPSA) is 101 Å². The van der Waals surface area contributed by atoms with Gasteiger partial charge in [0, 0.05) is 11.8 Å². The Morgan fingerprint density at radius 2 is 2.15 bits per heavy atom. The minimum atomic E-state index is -3.44. The van der Waals surface area contributed by atoms with E-state index >= 15 is 0 Å². The largest absolute Gasteiger partial charge is 0.481 e. The summed E-state index contributed by atoms with van der Waals surface area (Å²) in [5.74, 6) is -3.23. The van der Waals surface area contributed by atoms with Crippen molar-refractivity contribution in [3.05, 3.63) is 29.3 Å². The molecule has 0 amide bonds. The number of aliphatic hydroxyl groups is 1. The van der Waals surface area contributed by atoms with Crippen molar-refractivity contribution in [2.75, 3.05) is 6.26 Å². The van der Waals surface area contributed by atoms with E-state index in [4.69, 9.17) is 9.84 Å². The Bertz CT molecular complexity index is 651. The van der Waals surface area contributed by atoms with E-state index in [9.17, 15) is 18.3 Å². The lowest BCUT2D eigenvalue weighted by molar-refractivity contribution is -0.247. The maximum absolute atomic E-state index is 11.6. The smallest absolute Gasteiger partial charge is 0.309 e. The average Bonchev–Trinajstić information content (AvgIpc) is 2.25. The molecule has 1 heterocycles. The van der Waals surface area contributed by atoms with Gasteiger partial charge < -0.3 is 14.9 Å². The van der Waals surface area contributed by atoms with Crippen LogP contribution in [0.1, 0.15) is 24.5 Å². The van der Waals surface area contributed by atoms with Crippen LogP contribution in [-0.4, -0.2) is 37.0 Å². The fourth-order valence-electron chi connectivity index (χ4n) is 2.42. The zero-order valence-electron chi connectivity index (χ0n) is 11.2. The number of aliphatic carboxylic acids is 1. The van der Waals surface area contributed by atoms with E-state index in [-0.39, 0.29) is 16.6 Å². The van der Waals surface area contributed by atoms with Gasteiger partial charge in [0.2, 0.25) is 5.79 Å². The first kappa shape index (κ1) is 15.0. The highest BCUT2D eigenvalue weighted by molar-refractivity contribution is 7.90. The molecule has 0 saturated heterocycles. The van der Waals surface area contributed by atoms with Gasteiger partial charge in [-0.2, -0.15) is 0 Å². The van der Waals surface area contributed by atoms with Crippen LogP contribution >= 0.6 is 0 Å². The average molecular weight is 300 g/mol. The molecule has 1 aromatic carbocycles. The van der Waals surface area contributed by atoms with Gasteiger partial charge in [0.05, 0.1) is 11.0 Å². The van der Waals surface area contributed by atoms with Crippen molar-refractivity contribution in [3.63, 3.8) is 0 Å². The number of carboxylic acids is 1. The molecule has 20 heavy (non-hydrogen) atoms. The summed E-state index contributed by atoms with van der Waals surface area (Å²) < 4.78 is 28.5. The van der Waals surface area contributed by atoms with Gasteiger partial charge in [-0.05, 0) is 31.0 Å². The molecule has 1 aliphatic rings. The molecule has 1 aliphatic heterocycles. The number of benzene rings is 1.